The molecule has 1 atom stereocenters. The Hall–Kier alpha value is -3.59. The Labute approximate surface area is 186 Å². The first kappa shape index (κ1) is 23.1. The molecule has 1 aromatic heterocycles. The van der Waals surface area contributed by atoms with Crippen molar-refractivity contribution in [1.29, 1.82) is 0 Å². The van der Waals surface area contributed by atoms with Crippen molar-refractivity contribution < 1.29 is 14.8 Å². The highest BCUT2D eigenvalue weighted by Gasteiger charge is 2.09. The molecule has 4 N–H and O–H groups in total. The number of benzene rings is 2. The molecule has 0 aliphatic rings. The molecule has 0 aliphatic heterocycles. The number of rotatable bonds is 10. The molecule has 1 unspecified atom stereocenters. The molecular formula is C23H29N5O4. The topological polar surface area (TPSA) is 125 Å². The van der Waals surface area contributed by atoms with Crippen LogP contribution in [0, 0.1) is 17.0 Å². The number of hydrogen-bond acceptors (Lipinski definition) is 5. The molecule has 0 bridgehead atoms. The minimum Gasteiger partial charge on any atom is -0.491 e. The standard InChI is InChI=1S/C23H29N5O4/c1-3-24-23(25-11-10-17-13-26-22-12-16(2)4-9-21(17)22)27-14-19(29)15-32-20-7-5-18(6-8-20)28(30)31/h4-9,12-13,19,26,29H,3,10-11,14-15H2,1-2H3,(H2,24,25,27). The molecule has 1 heterocycles. The Morgan fingerprint density at radius 1 is 1.25 bits per heavy atom. The zero-order valence-electron chi connectivity index (χ0n) is 18.3. The van der Waals surface area contributed by atoms with Crippen LogP contribution in [0.25, 0.3) is 10.9 Å². The third kappa shape index (κ3) is 6.45. The molecule has 0 amide bonds. The molecule has 0 saturated carbocycles. The summed E-state index contributed by atoms with van der Waals surface area (Å²) < 4.78 is 5.49. The summed E-state index contributed by atoms with van der Waals surface area (Å²) in [5.41, 5.74) is 3.59. The Morgan fingerprint density at radius 3 is 2.75 bits per heavy atom. The second kappa shape index (κ2) is 11.1. The van der Waals surface area contributed by atoms with Crippen LogP contribution in [0.15, 0.2) is 53.7 Å². The maximum atomic E-state index is 10.7. The van der Waals surface area contributed by atoms with Crippen molar-refractivity contribution in [3.05, 3.63) is 69.9 Å². The molecular weight excluding hydrogens is 410 g/mol. The number of nitrogens with one attached hydrogen (secondary N) is 3. The lowest BCUT2D eigenvalue weighted by Crippen LogP contribution is -2.39. The highest BCUT2D eigenvalue weighted by atomic mass is 16.6. The Kier molecular flexibility index (Phi) is 8.04. The van der Waals surface area contributed by atoms with Gasteiger partial charge in [-0.1, -0.05) is 12.1 Å². The van der Waals surface area contributed by atoms with Crippen molar-refractivity contribution in [2.24, 2.45) is 4.99 Å². The zero-order chi connectivity index (χ0) is 22.9. The van der Waals surface area contributed by atoms with Gasteiger partial charge in [-0.15, -0.1) is 0 Å². The van der Waals surface area contributed by atoms with E-state index < -0.39 is 11.0 Å². The lowest BCUT2D eigenvalue weighted by molar-refractivity contribution is -0.384. The van der Waals surface area contributed by atoms with Crippen molar-refractivity contribution in [3.63, 3.8) is 0 Å². The number of aliphatic hydroxyl groups excluding tert-OH is 1. The monoisotopic (exact) mass is 439 g/mol. The van der Waals surface area contributed by atoms with Gasteiger partial charge in [0.05, 0.1) is 11.5 Å². The number of non-ortho nitro benzene ring substituents is 1. The van der Waals surface area contributed by atoms with Gasteiger partial charge in [0, 0.05) is 42.3 Å². The SMILES string of the molecule is CCNC(=NCC(O)COc1ccc([N+](=O)[O-])cc1)NCCc1c[nH]c2cc(C)ccc12. The van der Waals surface area contributed by atoms with Gasteiger partial charge < -0.3 is 25.5 Å². The third-order valence-corrected chi connectivity index (χ3v) is 4.90. The molecule has 32 heavy (non-hydrogen) atoms. The molecule has 2 aromatic carbocycles. The second-order valence-electron chi connectivity index (χ2n) is 7.48. The van der Waals surface area contributed by atoms with Gasteiger partial charge in [0.2, 0.25) is 0 Å². The number of aryl methyl sites for hydroxylation is 1. The number of ether oxygens (including phenoxy) is 1. The molecule has 0 radical (unpaired) electrons. The molecule has 0 aliphatic carbocycles. The zero-order valence-corrected chi connectivity index (χ0v) is 18.3. The number of aromatic nitrogens is 1. The third-order valence-electron chi connectivity index (χ3n) is 4.90. The maximum Gasteiger partial charge on any atom is 0.269 e. The summed E-state index contributed by atoms with van der Waals surface area (Å²) in [6.07, 6.45) is 2.06. The van der Waals surface area contributed by atoms with Crippen molar-refractivity contribution in [1.82, 2.24) is 15.6 Å². The van der Waals surface area contributed by atoms with Crippen LogP contribution in [0.3, 0.4) is 0 Å². The van der Waals surface area contributed by atoms with Crippen molar-refractivity contribution in [3.8, 4) is 5.75 Å². The Bertz CT molecular complexity index is 1060. The van der Waals surface area contributed by atoms with E-state index in [1.807, 2.05) is 13.1 Å². The van der Waals surface area contributed by atoms with Crippen LogP contribution in [0.1, 0.15) is 18.1 Å². The molecule has 9 heteroatoms. The normalized spacial score (nSPS) is 12.5. The molecule has 0 spiro atoms. The predicted octanol–water partition coefficient (Wildman–Crippen LogP) is 2.92. The van der Waals surface area contributed by atoms with Gasteiger partial charge in [0.1, 0.15) is 18.5 Å². The number of fused-ring (bicyclic) bond motifs is 1. The van der Waals surface area contributed by atoms with Crippen molar-refractivity contribution in [2.75, 3.05) is 26.2 Å². The lowest BCUT2D eigenvalue weighted by Gasteiger charge is -2.14. The fourth-order valence-electron chi connectivity index (χ4n) is 3.27. The van der Waals surface area contributed by atoms with Gasteiger partial charge in [-0.2, -0.15) is 0 Å². The van der Waals surface area contributed by atoms with Gasteiger partial charge in [0.25, 0.3) is 5.69 Å². The first-order chi connectivity index (χ1) is 15.5. The predicted molar refractivity (Wildman–Crippen MR) is 125 cm³/mol. The quantitative estimate of drug-likeness (QED) is 0.167. The molecule has 3 rings (SSSR count). The summed E-state index contributed by atoms with van der Waals surface area (Å²) in [6.45, 7) is 5.65. The van der Waals surface area contributed by atoms with Crippen LogP contribution in [0.4, 0.5) is 5.69 Å². The van der Waals surface area contributed by atoms with E-state index in [-0.39, 0.29) is 18.8 Å². The van der Waals surface area contributed by atoms with E-state index in [9.17, 15) is 15.2 Å². The lowest BCUT2D eigenvalue weighted by atomic mass is 10.1. The minimum absolute atomic E-state index is 0.00777. The molecule has 0 fully saturated rings. The first-order valence-corrected chi connectivity index (χ1v) is 10.6. The number of aliphatic imine (C=N–C) groups is 1. The van der Waals surface area contributed by atoms with Crippen LogP contribution in [0.2, 0.25) is 0 Å². The van der Waals surface area contributed by atoms with Gasteiger partial charge in [-0.25, -0.2) is 0 Å². The number of aromatic amines is 1. The number of guanidine groups is 1. The first-order valence-electron chi connectivity index (χ1n) is 10.6. The largest absolute Gasteiger partial charge is 0.491 e. The highest BCUT2D eigenvalue weighted by Crippen LogP contribution is 2.20. The van der Waals surface area contributed by atoms with Gasteiger partial charge >= 0.3 is 0 Å². The van der Waals surface area contributed by atoms with Crippen LogP contribution in [-0.4, -0.2) is 53.3 Å². The van der Waals surface area contributed by atoms with Gasteiger partial charge in [-0.05, 0) is 49.6 Å². The summed E-state index contributed by atoms with van der Waals surface area (Å²) in [7, 11) is 0. The van der Waals surface area contributed by atoms with Crippen molar-refractivity contribution >= 4 is 22.5 Å². The molecule has 3 aromatic rings. The maximum absolute atomic E-state index is 10.7. The Morgan fingerprint density at radius 2 is 2.03 bits per heavy atom. The van der Waals surface area contributed by atoms with E-state index in [2.05, 4.69) is 45.7 Å². The Balaban J connectivity index is 1.47. The highest BCUT2D eigenvalue weighted by molar-refractivity contribution is 5.84. The average molecular weight is 440 g/mol. The van der Waals surface area contributed by atoms with E-state index >= 15 is 0 Å². The summed E-state index contributed by atoms with van der Waals surface area (Å²) in [5, 5.41) is 28.6. The summed E-state index contributed by atoms with van der Waals surface area (Å²) in [6, 6.07) is 12.1. The van der Waals surface area contributed by atoms with E-state index in [1.54, 1.807) is 0 Å². The van der Waals surface area contributed by atoms with Gasteiger partial charge in [0.15, 0.2) is 5.96 Å². The number of hydrogen-bond donors (Lipinski definition) is 4. The average Bonchev–Trinajstić information content (AvgIpc) is 3.18. The second-order valence-corrected chi connectivity index (χ2v) is 7.48. The van der Waals surface area contributed by atoms with Crippen molar-refractivity contribution in [2.45, 2.75) is 26.4 Å². The van der Waals surface area contributed by atoms with Gasteiger partial charge in [-0.3, -0.25) is 15.1 Å². The number of nitro benzene ring substituents is 1. The van der Waals surface area contributed by atoms with E-state index in [1.165, 1.54) is 40.8 Å². The van der Waals surface area contributed by atoms with Crippen LogP contribution < -0.4 is 15.4 Å². The fourth-order valence-corrected chi connectivity index (χ4v) is 3.27. The number of nitrogens with zero attached hydrogens (tertiary/aromatic N) is 2. The summed E-state index contributed by atoms with van der Waals surface area (Å²) in [5.74, 6) is 1.08. The number of H-pyrrole nitrogens is 1. The van der Waals surface area contributed by atoms with Crippen LogP contribution in [0.5, 0.6) is 5.75 Å². The summed E-state index contributed by atoms with van der Waals surface area (Å²) in [4.78, 5) is 18.0. The summed E-state index contributed by atoms with van der Waals surface area (Å²) >= 11 is 0. The van der Waals surface area contributed by atoms with E-state index in [0.29, 0.717) is 24.8 Å². The minimum atomic E-state index is -0.808. The van der Waals surface area contributed by atoms with Crippen LogP contribution in [-0.2, 0) is 6.42 Å². The molecule has 0 saturated heterocycles. The number of aliphatic hydroxyl groups is 1. The van der Waals surface area contributed by atoms with E-state index in [0.717, 1.165) is 11.9 Å². The fraction of sp³-hybridized carbons (Fsp3) is 0.348. The van der Waals surface area contributed by atoms with E-state index in [4.69, 9.17) is 4.74 Å². The smallest absolute Gasteiger partial charge is 0.269 e. The number of nitro groups is 1. The molecule has 170 valence electrons. The molecule has 9 nitrogen and oxygen atoms in total. The van der Waals surface area contributed by atoms with Crippen LogP contribution >= 0.6 is 0 Å².